The van der Waals surface area contributed by atoms with Gasteiger partial charge in [-0.3, -0.25) is 0 Å². The van der Waals surface area contributed by atoms with Gasteiger partial charge in [0.2, 0.25) is 10.0 Å². The van der Waals surface area contributed by atoms with Crippen LogP contribution >= 0.6 is 15.9 Å². The molecule has 0 bridgehead atoms. The predicted octanol–water partition coefficient (Wildman–Crippen LogP) is 2.23. The van der Waals surface area contributed by atoms with E-state index in [2.05, 4.69) is 15.9 Å². The minimum atomic E-state index is -3.55. The van der Waals surface area contributed by atoms with Crippen LogP contribution in [0, 0.1) is 0 Å². The first-order valence-electron chi connectivity index (χ1n) is 5.65. The number of benzene rings is 1. The minimum absolute atomic E-state index is 0.0713. The molecule has 0 atom stereocenters. The van der Waals surface area contributed by atoms with Gasteiger partial charge in [0.25, 0.3) is 0 Å². The van der Waals surface area contributed by atoms with Gasteiger partial charge in [0.15, 0.2) is 0 Å². The fourth-order valence-electron chi connectivity index (χ4n) is 1.55. The van der Waals surface area contributed by atoms with Crippen molar-refractivity contribution in [3.05, 3.63) is 28.7 Å². The van der Waals surface area contributed by atoms with E-state index in [1.54, 1.807) is 45.0 Å². The zero-order valence-corrected chi connectivity index (χ0v) is 13.1. The molecule has 1 aromatic rings. The Morgan fingerprint density at radius 3 is 2.17 bits per heavy atom. The number of nitrogens with zero attached hydrogens (tertiary/aromatic N) is 1. The molecule has 0 aliphatic rings. The van der Waals surface area contributed by atoms with Crippen molar-refractivity contribution in [1.29, 1.82) is 0 Å². The van der Waals surface area contributed by atoms with Crippen molar-refractivity contribution in [1.82, 2.24) is 4.31 Å². The van der Waals surface area contributed by atoms with E-state index in [4.69, 9.17) is 0 Å². The molecule has 102 valence electrons. The van der Waals surface area contributed by atoms with Crippen molar-refractivity contribution in [3.63, 3.8) is 0 Å². The lowest BCUT2D eigenvalue weighted by atomic mass is 10.1. The normalized spacial score (nSPS) is 13.0. The average Bonchev–Trinajstić information content (AvgIpc) is 2.25. The van der Waals surface area contributed by atoms with Crippen LogP contribution in [0.1, 0.15) is 20.8 Å². The van der Waals surface area contributed by atoms with E-state index in [1.165, 1.54) is 4.31 Å². The molecule has 1 rings (SSSR count). The summed E-state index contributed by atoms with van der Waals surface area (Å²) >= 11 is 3.27. The zero-order valence-electron chi connectivity index (χ0n) is 10.7. The minimum Gasteiger partial charge on any atom is -0.389 e. The molecule has 0 aliphatic carbocycles. The largest absolute Gasteiger partial charge is 0.389 e. The Hall–Kier alpha value is -0.430. The summed E-state index contributed by atoms with van der Waals surface area (Å²) in [6.07, 6.45) is 0. The number of likely N-dealkylation sites (N-methyl/N-ethyl adjacent to an activating group) is 1. The molecule has 0 saturated heterocycles. The molecule has 0 heterocycles. The van der Waals surface area contributed by atoms with E-state index < -0.39 is 15.6 Å². The predicted molar refractivity (Wildman–Crippen MR) is 74.9 cm³/mol. The van der Waals surface area contributed by atoms with Gasteiger partial charge >= 0.3 is 0 Å². The summed E-state index contributed by atoms with van der Waals surface area (Å²) < 4.78 is 26.8. The molecular weight excluding hydrogens is 318 g/mol. The molecule has 6 heteroatoms. The van der Waals surface area contributed by atoms with Crippen LogP contribution in [-0.2, 0) is 10.0 Å². The highest BCUT2D eigenvalue weighted by Gasteiger charge is 2.28. The molecule has 0 unspecified atom stereocenters. The van der Waals surface area contributed by atoms with Crippen LogP contribution in [0.25, 0.3) is 0 Å². The maximum Gasteiger partial charge on any atom is 0.243 e. The highest BCUT2D eigenvalue weighted by atomic mass is 79.9. The van der Waals surface area contributed by atoms with E-state index in [1.807, 2.05) is 0 Å². The van der Waals surface area contributed by atoms with Gasteiger partial charge in [0.05, 0.1) is 10.5 Å². The van der Waals surface area contributed by atoms with Crippen LogP contribution < -0.4 is 0 Å². The smallest absolute Gasteiger partial charge is 0.243 e. The Labute approximate surface area is 117 Å². The first-order valence-corrected chi connectivity index (χ1v) is 7.88. The maximum absolute atomic E-state index is 12.4. The summed E-state index contributed by atoms with van der Waals surface area (Å²) in [4.78, 5) is 0.233. The molecule has 0 aromatic heterocycles. The van der Waals surface area contributed by atoms with E-state index in [0.717, 1.165) is 4.47 Å². The summed E-state index contributed by atoms with van der Waals surface area (Å²) in [7, 11) is -3.55. The monoisotopic (exact) mass is 335 g/mol. The fraction of sp³-hybridized carbons (Fsp3) is 0.500. The number of rotatable bonds is 5. The van der Waals surface area contributed by atoms with Crippen LogP contribution in [0.3, 0.4) is 0 Å². The number of halogens is 1. The van der Waals surface area contributed by atoms with Crippen molar-refractivity contribution >= 4 is 26.0 Å². The Bertz CT molecular complexity index is 491. The summed E-state index contributed by atoms with van der Waals surface area (Å²) in [5.74, 6) is 0. The van der Waals surface area contributed by atoms with Crippen LogP contribution in [0.2, 0.25) is 0 Å². The van der Waals surface area contributed by atoms with Gasteiger partial charge in [-0.05, 0) is 38.1 Å². The Morgan fingerprint density at radius 2 is 1.78 bits per heavy atom. The maximum atomic E-state index is 12.4. The second-order valence-electron chi connectivity index (χ2n) is 4.70. The van der Waals surface area contributed by atoms with Crippen molar-refractivity contribution in [2.45, 2.75) is 31.3 Å². The number of sulfonamides is 1. The Morgan fingerprint density at radius 1 is 1.28 bits per heavy atom. The third-order valence-corrected chi connectivity index (χ3v) is 4.83. The first kappa shape index (κ1) is 15.6. The van der Waals surface area contributed by atoms with Crippen LogP contribution in [-0.4, -0.2) is 36.5 Å². The van der Waals surface area contributed by atoms with Gasteiger partial charge in [-0.25, -0.2) is 8.42 Å². The molecule has 0 spiro atoms. The fourth-order valence-corrected chi connectivity index (χ4v) is 3.42. The second-order valence-corrected chi connectivity index (χ2v) is 7.55. The van der Waals surface area contributed by atoms with Gasteiger partial charge in [-0.1, -0.05) is 22.9 Å². The molecular formula is C12H18BrNO3S. The number of aliphatic hydroxyl groups is 1. The third kappa shape index (κ3) is 4.05. The van der Waals surface area contributed by atoms with Gasteiger partial charge < -0.3 is 5.11 Å². The van der Waals surface area contributed by atoms with Crippen molar-refractivity contribution < 1.29 is 13.5 Å². The highest BCUT2D eigenvalue weighted by molar-refractivity contribution is 9.10. The molecule has 1 aromatic carbocycles. The molecule has 18 heavy (non-hydrogen) atoms. The zero-order chi connectivity index (χ0) is 14.0. The lowest BCUT2D eigenvalue weighted by molar-refractivity contribution is 0.0601. The lowest BCUT2D eigenvalue weighted by Gasteiger charge is -2.27. The van der Waals surface area contributed by atoms with Crippen molar-refractivity contribution in [2.24, 2.45) is 0 Å². The SMILES string of the molecule is CCN(CC(C)(C)O)S(=O)(=O)c1ccc(Br)cc1. The molecule has 1 N–H and O–H groups in total. The molecule has 0 saturated carbocycles. The quantitative estimate of drug-likeness (QED) is 0.897. The molecule has 0 fully saturated rings. The van der Waals surface area contributed by atoms with Crippen molar-refractivity contribution in [2.75, 3.05) is 13.1 Å². The first-order chi connectivity index (χ1) is 8.16. The van der Waals surface area contributed by atoms with E-state index in [9.17, 15) is 13.5 Å². The van der Waals surface area contributed by atoms with Gasteiger partial charge in [-0.15, -0.1) is 0 Å². The van der Waals surface area contributed by atoms with Gasteiger partial charge in [0.1, 0.15) is 0 Å². The number of hydrogen-bond donors (Lipinski definition) is 1. The van der Waals surface area contributed by atoms with Gasteiger partial charge in [0, 0.05) is 17.6 Å². The summed E-state index contributed by atoms with van der Waals surface area (Å²) in [5, 5.41) is 9.76. The summed E-state index contributed by atoms with van der Waals surface area (Å²) in [5.41, 5.74) is -1.06. The van der Waals surface area contributed by atoms with E-state index in [0.29, 0.717) is 6.54 Å². The van der Waals surface area contributed by atoms with E-state index >= 15 is 0 Å². The molecule has 0 aliphatic heterocycles. The van der Waals surface area contributed by atoms with Crippen LogP contribution in [0.15, 0.2) is 33.6 Å². The second kappa shape index (κ2) is 5.69. The highest BCUT2D eigenvalue weighted by Crippen LogP contribution is 2.20. The van der Waals surface area contributed by atoms with Gasteiger partial charge in [-0.2, -0.15) is 4.31 Å². The molecule has 0 amide bonds. The summed E-state index contributed by atoms with van der Waals surface area (Å²) in [6, 6.07) is 6.47. The third-order valence-electron chi connectivity index (χ3n) is 2.37. The average molecular weight is 336 g/mol. The molecule has 0 radical (unpaired) electrons. The Kier molecular flexibility index (Phi) is 4.94. The van der Waals surface area contributed by atoms with E-state index in [-0.39, 0.29) is 11.4 Å². The van der Waals surface area contributed by atoms with Crippen LogP contribution in [0.5, 0.6) is 0 Å². The van der Waals surface area contributed by atoms with Crippen LogP contribution in [0.4, 0.5) is 0 Å². The molecule has 4 nitrogen and oxygen atoms in total. The number of hydrogen-bond acceptors (Lipinski definition) is 3. The summed E-state index contributed by atoms with van der Waals surface area (Å²) in [6.45, 7) is 5.33. The lowest BCUT2D eigenvalue weighted by Crippen LogP contribution is -2.42. The standard InChI is InChI=1S/C12H18BrNO3S/c1-4-14(9-12(2,3)15)18(16,17)11-7-5-10(13)6-8-11/h5-8,15H,4,9H2,1-3H3. The Balaban J connectivity index is 3.07. The van der Waals surface area contributed by atoms with Crippen molar-refractivity contribution in [3.8, 4) is 0 Å². The topological polar surface area (TPSA) is 57.6 Å².